The standard InChI is InChI=1S/C23H24ClF2N7OS/c1-33-8-2-3-11(33)10-34-23-31-18-13(21(32-23)29-7-6-27)9-14(24)16(17(18)26)12-4-5-15(25)20-19(12)30-22(28)35-20/h4-5,9,11H,2-3,6-8,10,27H2,1H3,(H2,28,30)(H,29,31,32)/t11-/m0/s1. The zero-order valence-corrected chi connectivity index (χ0v) is 20.5. The Morgan fingerprint density at radius 2 is 2.09 bits per heavy atom. The van der Waals surface area contributed by atoms with E-state index < -0.39 is 11.6 Å². The Hall–Kier alpha value is -2.86. The number of likely N-dealkylation sites (tertiary alicyclic amines) is 1. The maximum atomic E-state index is 16.1. The van der Waals surface area contributed by atoms with Crippen molar-refractivity contribution in [2.24, 2.45) is 5.73 Å². The largest absolute Gasteiger partial charge is 0.462 e. The van der Waals surface area contributed by atoms with Crippen LogP contribution < -0.4 is 21.5 Å². The van der Waals surface area contributed by atoms with Crippen LogP contribution in [0.15, 0.2) is 18.2 Å². The van der Waals surface area contributed by atoms with Crippen LogP contribution in [0.1, 0.15) is 12.8 Å². The first-order valence-corrected chi connectivity index (χ1v) is 12.4. The predicted octanol–water partition coefficient (Wildman–Crippen LogP) is 4.26. The quantitative estimate of drug-likeness (QED) is 0.332. The van der Waals surface area contributed by atoms with Crippen molar-refractivity contribution in [3.63, 3.8) is 0 Å². The Kier molecular flexibility index (Phi) is 6.58. The Balaban J connectivity index is 1.65. The summed E-state index contributed by atoms with van der Waals surface area (Å²) in [4.78, 5) is 15.3. The molecule has 0 bridgehead atoms. The molecule has 1 fully saturated rings. The van der Waals surface area contributed by atoms with Gasteiger partial charge >= 0.3 is 6.01 Å². The number of nitrogens with two attached hydrogens (primary N) is 2. The summed E-state index contributed by atoms with van der Waals surface area (Å²) < 4.78 is 36.6. The summed E-state index contributed by atoms with van der Waals surface area (Å²) in [6, 6.07) is 4.55. The van der Waals surface area contributed by atoms with E-state index in [1.165, 1.54) is 12.1 Å². The number of nitrogen functional groups attached to an aromatic ring is 1. The summed E-state index contributed by atoms with van der Waals surface area (Å²) in [5.41, 5.74) is 12.1. The van der Waals surface area contributed by atoms with Crippen molar-refractivity contribution >= 4 is 55.0 Å². The lowest BCUT2D eigenvalue weighted by atomic mass is 10.0. The molecule has 0 saturated carbocycles. The van der Waals surface area contributed by atoms with Crippen molar-refractivity contribution in [3.05, 3.63) is 34.9 Å². The molecule has 184 valence electrons. The van der Waals surface area contributed by atoms with Crippen molar-refractivity contribution in [1.82, 2.24) is 19.9 Å². The van der Waals surface area contributed by atoms with Gasteiger partial charge < -0.3 is 26.4 Å². The molecule has 1 saturated heterocycles. The van der Waals surface area contributed by atoms with Crippen molar-refractivity contribution in [1.29, 1.82) is 0 Å². The number of aromatic nitrogens is 3. The molecule has 1 atom stereocenters. The van der Waals surface area contributed by atoms with Crippen LogP contribution in [0.5, 0.6) is 6.01 Å². The van der Waals surface area contributed by atoms with Crippen LogP contribution in [0.3, 0.4) is 0 Å². The van der Waals surface area contributed by atoms with Crippen LogP contribution >= 0.6 is 22.9 Å². The smallest absolute Gasteiger partial charge is 0.319 e. The second kappa shape index (κ2) is 9.65. The summed E-state index contributed by atoms with van der Waals surface area (Å²) >= 11 is 7.56. The summed E-state index contributed by atoms with van der Waals surface area (Å²) in [6.07, 6.45) is 2.10. The first kappa shape index (κ1) is 23.9. The fraction of sp³-hybridized carbons (Fsp3) is 0.348. The molecule has 12 heteroatoms. The second-order valence-electron chi connectivity index (χ2n) is 8.43. The van der Waals surface area contributed by atoms with E-state index in [1.807, 2.05) is 7.05 Å². The van der Waals surface area contributed by atoms with Crippen LogP contribution in [0.25, 0.3) is 32.2 Å². The zero-order valence-electron chi connectivity index (χ0n) is 18.9. The minimum Gasteiger partial charge on any atom is -0.462 e. The SMILES string of the molecule is CN1CCC[C@H]1COc1nc(NCCN)c2cc(Cl)c(-c3ccc(F)c4sc(N)nc34)c(F)c2n1. The molecule has 3 heterocycles. The number of ether oxygens (including phenoxy) is 1. The minimum atomic E-state index is -0.687. The lowest BCUT2D eigenvalue weighted by Crippen LogP contribution is -2.31. The molecule has 0 amide bonds. The van der Waals surface area contributed by atoms with Gasteiger partial charge in [0.25, 0.3) is 0 Å². The molecule has 1 aliphatic rings. The van der Waals surface area contributed by atoms with E-state index in [9.17, 15) is 4.39 Å². The molecule has 0 spiro atoms. The fourth-order valence-electron chi connectivity index (χ4n) is 4.37. The van der Waals surface area contributed by atoms with Gasteiger partial charge in [-0.15, -0.1) is 0 Å². The topological polar surface area (TPSA) is 115 Å². The van der Waals surface area contributed by atoms with Gasteiger partial charge in [-0.05, 0) is 44.6 Å². The lowest BCUT2D eigenvalue weighted by molar-refractivity contribution is 0.188. The molecule has 8 nitrogen and oxygen atoms in total. The monoisotopic (exact) mass is 519 g/mol. The maximum absolute atomic E-state index is 16.1. The Morgan fingerprint density at radius 3 is 2.83 bits per heavy atom. The number of benzene rings is 2. The molecule has 5 rings (SSSR count). The zero-order chi connectivity index (χ0) is 24.7. The molecule has 35 heavy (non-hydrogen) atoms. The molecule has 0 unspecified atom stereocenters. The average Bonchev–Trinajstić information content (AvgIpc) is 3.43. The van der Waals surface area contributed by atoms with E-state index in [1.54, 1.807) is 6.07 Å². The van der Waals surface area contributed by atoms with Crippen molar-refractivity contribution < 1.29 is 13.5 Å². The van der Waals surface area contributed by atoms with Crippen LogP contribution in [0.4, 0.5) is 19.7 Å². The molecule has 0 aliphatic carbocycles. The number of rotatable bonds is 7. The highest BCUT2D eigenvalue weighted by Gasteiger charge is 2.25. The van der Waals surface area contributed by atoms with Gasteiger partial charge in [0.15, 0.2) is 10.9 Å². The second-order valence-corrected chi connectivity index (χ2v) is 9.86. The molecular formula is C23H24ClF2N7OS. The van der Waals surface area contributed by atoms with Gasteiger partial charge in [0, 0.05) is 35.6 Å². The van der Waals surface area contributed by atoms with Crippen LogP contribution in [-0.2, 0) is 0 Å². The van der Waals surface area contributed by atoms with Gasteiger partial charge in [-0.2, -0.15) is 9.97 Å². The van der Waals surface area contributed by atoms with Crippen molar-refractivity contribution in [2.45, 2.75) is 18.9 Å². The van der Waals surface area contributed by atoms with E-state index in [0.29, 0.717) is 36.5 Å². The number of nitrogens with zero attached hydrogens (tertiary/aromatic N) is 4. The normalized spacial score (nSPS) is 16.4. The molecule has 0 radical (unpaired) electrons. The van der Waals surface area contributed by atoms with Gasteiger partial charge in [-0.1, -0.05) is 22.9 Å². The third-order valence-corrected chi connectivity index (χ3v) is 7.35. The average molecular weight is 520 g/mol. The van der Waals surface area contributed by atoms with Gasteiger partial charge in [0.05, 0.1) is 15.2 Å². The number of thiazole rings is 1. The number of fused-ring (bicyclic) bond motifs is 2. The van der Waals surface area contributed by atoms with Gasteiger partial charge in [-0.25, -0.2) is 13.8 Å². The molecular weight excluding hydrogens is 496 g/mol. The predicted molar refractivity (Wildman–Crippen MR) is 136 cm³/mol. The summed E-state index contributed by atoms with van der Waals surface area (Å²) in [5, 5.41) is 3.76. The molecule has 2 aromatic carbocycles. The van der Waals surface area contributed by atoms with E-state index >= 15 is 4.39 Å². The number of hydrogen-bond donors (Lipinski definition) is 3. The van der Waals surface area contributed by atoms with Gasteiger partial charge in [0.2, 0.25) is 0 Å². The van der Waals surface area contributed by atoms with E-state index in [2.05, 4.69) is 25.2 Å². The fourth-order valence-corrected chi connectivity index (χ4v) is 5.42. The van der Waals surface area contributed by atoms with E-state index in [0.717, 1.165) is 30.7 Å². The summed E-state index contributed by atoms with van der Waals surface area (Å²) in [7, 11) is 2.04. The lowest BCUT2D eigenvalue weighted by Gasteiger charge is -2.19. The summed E-state index contributed by atoms with van der Waals surface area (Å²) in [5.74, 6) is -0.809. The first-order chi connectivity index (χ1) is 16.9. The first-order valence-electron chi connectivity index (χ1n) is 11.2. The van der Waals surface area contributed by atoms with E-state index in [4.69, 9.17) is 27.8 Å². The van der Waals surface area contributed by atoms with Crippen molar-refractivity contribution in [2.75, 3.05) is 44.3 Å². The number of anilines is 2. The highest BCUT2D eigenvalue weighted by Crippen LogP contribution is 2.42. The highest BCUT2D eigenvalue weighted by molar-refractivity contribution is 7.22. The van der Waals surface area contributed by atoms with Crippen LogP contribution in [0.2, 0.25) is 5.02 Å². The van der Waals surface area contributed by atoms with Gasteiger partial charge in [0.1, 0.15) is 23.8 Å². The van der Waals surface area contributed by atoms with E-state index in [-0.39, 0.29) is 43.5 Å². The molecule has 1 aliphatic heterocycles. The molecule has 2 aromatic heterocycles. The van der Waals surface area contributed by atoms with Crippen molar-refractivity contribution in [3.8, 4) is 17.1 Å². The third kappa shape index (κ3) is 4.44. The highest BCUT2D eigenvalue weighted by atomic mass is 35.5. The van der Waals surface area contributed by atoms with Gasteiger partial charge in [-0.3, -0.25) is 0 Å². The Bertz CT molecular complexity index is 1420. The number of halogens is 3. The Labute approximate surface area is 209 Å². The third-order valence-electron chi connectivity index (χ3n) is 6.16. The number of likely N-dealkylation sites (N-methyl/N-ethyl adjacent to an activating group) is 1. The molecule has 5 N–H and O–H groups in total. The molecule has 4 aromatic rings. The Morgan fingerprint density at radius 1 is 1.26 bits per heavy atom. The minimum absolute atomic E-state index is 0.0226. The van der Waals surface area contributed by atoms with Crippen LogP contribution in [-0.4, -0.2) is 59.2 Å². The maximum Gasteiger partial charge on any atom is 0.319 e. The number of hydrogen-bond acceptors (Lipinski definition) is 9. The van der Waals surface area contributed by atoms with Crippen LogP contribution in [0, 0.1) is 11.6 Å². The number of nitrogens with one attached hydrogen (secondary N) is 1. The summed E-state index contributed by atoms with van der Waals surface area (Å²) in [6.45, 7) is 2.15.